The van der Waals surface area contributed by atoms with Crippen molar-refractivity contribution in [3.63, 3.8) is 0 Å². The molecule has 1 aromatic carbocycles. The fourth-order valence-electron chi connectivity index (χ4n) is 4.21. The van der Waals surface area contributed by atoms with E-state index in [4.69, 9.17) is 16.3 Å². The van der Waals surface area contributed by atoms with Crippen molar-refractivity contribution in [2.75, 3.05) is 6.61 Å². The standard InChI is InChI=1S/C24H18ClF6N7O5/c25-14-5-3-12(4-6-14)20-35-37(22(41)36(20)9-16(39)23(26,27)28)10-17-33-19(13-8-18(40)42-11-13)38(34-17)21-15(2-1-7-32-21)43-24(29,30)31/h1-7,13,16,39H,8-11H2/t13?,16-/m0/s1. The molecule has 1 unspecified atom stereocenters. The summed E-state index contributed by atoms with van der Waals surface area (Å²) in [5, 5.41) is 18.3. The molecule has 3 aromatic heterocycles. The first-order valence-electron chi connectivity index (χ1n) is 12.2. The summed E-state index contributed by atoms with van der Waals surface area (Å²) in [5.74, 6) is -3.07. The van der Waals surface area contributed by atoms with Gasteiger partial charge >= 0.3 is 24.2 Å². The number of alkyl halides is 6. The molecular formula is C24H18ClF6N7O5. The normalized spacial score (nSPS) is 16.4. The van der Waals surface area contributed by atoms with Crippen LogP contribution in [0.2, 0.25) is 5.02 Å². The zero-order valence-corrected chi connectivity index (χ0v) is 22.1. The third kappa shape index (κ3) is 6.64. The van der Waals surface area contributed by atoms with Crippen LogP contribution in [0.15, 0.2) is 47.4 Å². The predicted molar refractivity (Wildman–Crippen MR) is 132 cm³/mol. The van der Waals surface area contributed by atoms with Crippen LogP contribution in [0.3, 0.4) is 0 Å². The number of carbonyl (C=O) groups is 1. The number of cyclic esters (lactones) is 1. The van der Waals surface area contributed by atoms with Crippen LogP contribution in [0.4, 0.5) is 26.3 Å². The van der Waals surface area contributed by atoms with Gasteiger partial charge in [-0.2, -0.15) is 17.9 Å². The molecule has 19 heteroatoms. The highest BCUT2D eigenvalue weighted by molar-refractivity contribution is 6.30. The maximum Gasteiger partial charge on any atom is 0.573 e. The lowest BCUT2D eigenvalue weighted by Gasteiger charge is -2.15. The van der Waals surface area contributed by atoms with Crippen LogP contribution < -0.4 is 10.4 Å². The first-order chi connectivity index (χ1) is 20.2. The SMILES string of the molecule is O=C1CC(c2nc(Cn3nc(-c4ccc(Cl)cc4)n(C[C@H](O)C(F)(F)F)c3=O)nn2-c2ncccc2OC(F)(F)F)CO1. The van der Waals surface area contributed by atoms with Gasteiger partial charge in [-0.1, -0.05) is 11.6 Å². The fourth-order valence-corrected chi connectivity index (χ4v) is 4.34. The smallest absolute Gasteiger partial charge is 0.465 e. The number of hydrogen-bond donors (Lipinski definition) is 1. The molecule has 4 aromatic rings. The lowest BCUT2D eigenvalue weighted by atomic mass is 10.1. The highest BCUT2D eigenvalue weighted by Crippen LogP contribution is 2.32. The Kier molecular flexibility index (Phi) is 7.91. The van der Waals surface area contributed by atoms with Gasteiger partial charge in [-0.3, -0.25) is 9.36 Å². The van der Waals surface area contributed by atoms with Gasteiger partial charge in [0, 0.05) is 16.8 Å². The number of pyridine rings is 1. The van der Waals surface area contributed by atoms with Gasteiger partial charge in [0.2, 0.25) is 0 Å². The van der Waals surface area contributed by atoms with Crippen LogP contribution in [-0.4, -0.2) is 70.4 Å². The van der Waals surface area contributed by atoms with E-state index in [1.807, 2.05) is 0 Å². The van der Waals surface area contributed by atoms with E-state index in [9.17, 15) is 41.0 Å². The molecule has 4 heterocycles. The Morgan fingerprint density at radius 2 is 1.81 bits per heavy atom. The lowest BCUT2D eigenvalue weighted by Crippen LogP contribution is -2.37. The van der Waals surface area contributed by atoms with Crippen molar-refractivity contribution in [3.8, 4) is 23.0 Å². The summed E-state index contributed by atoms with van der Waals surface area (Å²) in [6, 6.07) is 7.79. The van der Waals surface area contributed by atoms with Crippen LogP contribution in [-0.2, 0) is 22.6 Å². The van der Waals surface area contributed by atoms with Crippen LogP contribution >= 0.6 is 11.6 Å². The topological polar surface area (TPSA) is 139 Å². The summed E-state index contributed by atoms with van der Waals surface area (Å²) >= 11 is 5.90. The molecule has 0 saturated carbocycles. The average molecular weight is 634 g/mol. The Bertz CT molecular complexity index is 1700. The number of rotatable bonds is 8. The van der Waals surface area contributed by atoms with Gasteiger partial charge < -0.3 is 14.6 Å². The largest absolute Gasteiger partial charge is 0.573 e. The van der Waals surface area contributed by atoms with E-state index in [1.165, 1.54) is 30.3 Å². The molecule has 0 bridgehead atoms. The third-order valence-electron chi connectivity index (χ3n) is 6.13. The Balaban J connectivity index is 1.58. The monoisotopic (exact) mass is 633 g/mol. The van der Waals surface area contributed by atoms with Gasteiger partial charge in [0.1, 0.15) is 19.0 Å². The molecule has 0 aliphatic carbocycles. The van der Waals surface area contributed by atoms with E-state index in [2.05, 4.69) is 24.9 Å². The fraction of sp³-hybridized carbons (Fsp3) is 0.333. The number of aromatic nitrogens is 7. The maximum atomic E-state index is 13.2. The first kappa shape index (κ1) is 30.0. The molecule has 1 fully saturated rings. The van der Waals surface area contributed by atoms with E-state index < -0.39 is 60.9 Å². The number of benzene rings is 1. The van der Waals surface area contributed by atoms with E-state index in [-0.39, 0.29) is 36.1 Å². The summed E-state index contributed by atoms with van der Waals surface area (Å²) < 4.78 is 90.0. The Hall–Kier alpha value is -4.45. The van der Waals surface area contributed by atoms with Crippen molar-refractivity contribution in [2.45, 2.75) is 44.1 Å². The Morgan fingerprint density at radius 1 is 1.09 bits per heavy atom. The van der Waals surface area contributed by atoms with E-state index in [0.29, 0.717) is 9.59 Å². The van der Waals surface area contributed by atoms with Gasteiger partial charge in [0.15, 0.2) is 29.3 Å². The van der Waals surface area contributed by atoms with Gasteiger partial charge in [-0.25, -0.2) is 19.4 Å². The van der Waals surface area contributed by atoms with E-state index >= 15 is 0 Å². The van der Waals surface area contributed by atoms with Crippen molar-refractivity contribution in [1.82, 2.24) is 34.1 Å². The Morgan fingerprint density at radius 3 is 2.44 bits per heavy atom. The molecule has 12 nitrogen and oxygen atoms in total. The van der Waals surface area contributed by atoms with Gasteiger partial charge in [0.25, 0.3) is 0 Å². The van der Waals surface area contributed by atoms with Gasteiger partial charge in [-0.05, 0) is 36.4 Å². The molecule has 1 aliphatic heterocycles. The number of aliphatic hydroxyl groups excluding tert-OH is 1. The maximum absolute atomic E-state index is 13.2. The summed E-state index contributed by atoms with van der Waals surface area (Å²) in [5.41, 5.74) is -0.887. The Labute approximate surface area is 241 Å². The third-order valence-corrected chi connectivity index (χ3v) is 6.38. The molecule has 2 atom stereocenters. The van der Waals surface area contributed by atoms with Crippen molar-refractivity contribution in [1.29, 1.82) is 0 Å². The van der Waals surface area contributed by atoms with E-state index in [0.717, 1.165) is 21.6 Å². The highest BCUT2D eigenvalue weighted by Gasteiger charge is 2.40. The predicted octanol–water partition coefficient (Wildman–Crippen LogP) is 3.24. The van der Waals surface area contributed by atoms with Crippen molar-refractivity contribution < 1.29 is 45.7 Å². The first-order valence-corrected chi connectivity index (χ1v) is 12.6. The summed E-state index contributed by atoms with van der Waals surface area (Å²) in [6.07, 6.45) is -12.1. The number of nitrogens with zero attached hydrogens (tertiary/aromatic N) is 7. The van der Waals surface area contributed by atoms with Crippen molar-refractivity contribution in [2.24, 2.45) is 0 Å². The number of halogens is 7. The van der Waals surface area contributed by atoms with Gasteiger partial charge in [-0.15, -0.1) is 23.4 Å². The van der Waals surface area contributed by atoms with E-state index in [1.54, 1.807) is 0 Å². The zero-order chi connectivity index (χ0) is 31.1. The minimum absolute atomic E-state index is 0.0514. The molecule has 1 N–H and O–H groups in total. The molecule has 1 saturated heterocycles. The zero-order valence-electron chi connectivity index (χ0n) is 21.4. The second-order valence-corrected chi connectivity index (χ2v) is 9.63. The molecule has 228 valence electrons. The second-order valence-electron chi connectivity index (χ2n) is 9.19. The summed E-state index contributed by atoms with van der Waals surface area (Å²) in [6.45, 7) is -1.94. The van der Waals surface area contributed by atoms with Gasteiger partial charge in [0.05, 0.1) is 18.9 Å². The number of esters is 1. The molecule has 0 spiro atoms. The van der Waals surface area contributed by atoms with Crippen molar-refractivity contribution >= 4 is 17.6 Å². The molecular weight excluding hydrogens is 616 g/mol. The second kappa shape index (κ2) is 11.3. The molecule has 1 aliphatic rings. The molecule has 5 rings (SSSR count). The minimum atomic E-state index is -5.09. The van der Waals surface area contributed by atoms with Crippen LogP contribution in [0.1, 0.15) is 24.0 Å². The van der Waals surface area contributed by atoms with Crippen LogP contribution in [0.5, 0.6) is 5.75 Å². The molecule has 0 amide bonds. The summed E-state index contributed by atoms with van der Waals surface area (Å²) in [4.78, 5) is 33.2. The number of hydrogen-bond acceptors (Lipinski definition) is 9. The number of ether oxygens (including phenoxy) is 2. The lowest BCUT2D eigenvalue weighted by molar-refractivity contribution is -0.274. The summed E-state index contributed by atoms with van der Waals surface area (Å²) in [7, 11) is 0. The van der Waals surface area contributed by atoms with Crippen molar-refractivity contribution in [3.05, 3.63) is 69.8 Å². The van der Waals surface area contributed by atoms with Crippen LogP contribution in [0.25, 0.3) is 17.2 Å². The number of aliphatic hydroxyl groups is 1. The minimum Gasteiger partial charge on any atom is -0.465 e. The molecule has 0 radical (unpaired) electrons. The average Bonchev–Trinajstić information content (AvgIpc) is 3.62. The quantitative estimate of drug-likeness (QED) is 0.229. The molecule has 43 heavy (non-hydrogen) atoms. The number of carbonyl (C=O) groups excluding carboxylic acids is 1. The highest BCUT2D eigenvalue weighted by atomic mass is 35.5. The van der Waals surface area contributed by atoms with Crippen LogP contribution in [0, 0.1) is 0 Å².